The van der Waals surface area contributed by atoms with Crippen molar-refractivity contribution in [2.24, 2.45) is 5.10 Å². The molecule has 39 heavy (non-hydrogen) atoms. The Morgan fingerprint density at radius 1 is 0.872 bits per heavy atom. The summed E-state index contributed by atoms with van der Waals surface area (Å²) in [6.07, 6.45) is 1.36. The third-order valence-electron chi connectivity index (χ3n) is 5.85. The molecule has 0 saturated carbocycles. The number of nitrogens with one attached hydrogen (secondary N) is 3. The van der Waals surface area contributed by atoms with Gasteiger partial charge in [-0.15, -0.1) is 0 Å². The summed E-state index contributed by atoms with van der Waals surface area (Å²) in [6, 6.07) is 12.9. The number of carbonyl (C=O) groups is 3. The minimum Gasteiger partial charge on any atom is -0.493 e. The van der Waals surface area contributed by atoms with E-state index in [4.69, 9.17) is 9.47 Å². The van der Waals surface area contributed by atoms with E-state index in [1.807, 2.05) is 65.0 Å². The summed E-state index contributed by atoms with van der Waals surface area (Å²) in [5.41, 5.74) is 8.87. The van der Waals surface area contributed by atoms with Gasteiger partial charge < -0.3 is 20.1 Å². The van der Waals surface area contributed by atoms with Gasteiger partial charge in [0.25, 0.3) is 5.91 Å². The molecule has 0 heterocycles. The summed E-state index contributed by atoms with van der Waals surface area (Å²) >= 11 is 3.43. The minimum absolute atomic E-state index is 0.235. The maximum atomic E-state index is 12.6. The molecular formula is C29H31BrN4O5. The van der Waals surface area contributed by atoms with E-state index < -0.39 is 11.8 Å². The van der Waals surface area contributed by atoms with Crippen molar-refractivity contribution >= 4 is 51.2 Å². The Balaban J connectivity index is 1.62. The van der Waals surface area contributed by atoms with Crippen molar-refractivity contribution in [3.8, 4) is 11.5 Å². The van der Waals surface area contributed by atoms with Gasteiger partial charge in [-0.3, -0.25) is 14.4 Å². The van der Waals surface area contributed by atoms with E-state index in [1.165, 1.54) is 13.3 Å². The van der Waals surface area contributed by atoms with Gasteiger partial charge in [0, 0.05) is 11.4 Å². The average molecular weight is 595 g/mol. The number of nitrogens with zero attached hydrogens (tertiary/aromatic N) is 1. The van der Waals surface area contributed by atoms with E-state index >= 15 is 0 Å². The summed E-state index contributed by atoms with van der Waals surface area (Å²) in [6.45, 7) is 9.34. The van der Waals surface area contributed by atoms with Gasteiger partial charge in [0.15, 0.2) is 18.1 Å². The van der Waals surface area contributed by atoms with Gasteiger partial charge in [0.2, 0.25) is 0 Å². The Bertz CT molecular complexity index is 1410. The van der Waals surface area contributed by atoms with Gasteiger partial charge in [0.1, 0.15) is 0 Å². The van der Waals surface area contributed by atoms with Crippen LogP contribution in [0.2, 0.25) is 0 Å². The normalized spacial score (nSPS) is 10.7. The lowest BCUT2D eigenvalue weighted by molar-refractivity contribution is -0.136. The van der Waals surface area contributed by atoms with Crippen molar-refractivity contribution < 1.29 is 23.9 Å². The lowest BCUT2D eigenvalue weighted by atomic mass is 10.1. The van der Waals surface area contributed by atoms with Crippen LogP contribution in [0.4, 0.5) is 11.4 Å². The van der Waals surface area contributed by atoms with E-state index in [9.17, 15) is 14.4 Å². The highest BCUT2D eigenvalue weighted by Crippen LogP contribution is 2.36. The van der Waals surface area contributed by atoms with Crippen molar-refractivity contribution in [3.05, 3.63) is 80.3 Å². The molecule has 0 spiro atoms. The summed E-state index contributed by atoms with van der Waals surface area (Å²) in [5.74, 6) is -1.38. The van der Waals surface area contributed by atoms with Crippen LogP contribution < -0.4 is 25.5 Å². The molecule has 0 atom stereocenters. The fourth-order valence-corrected chi connectivity index (χ4v) is 4.62. The summed E-state index contributed by atoms with van der Waals surface area (Å²) in [7, 11) is 1.47. The number of rotatable bonds is 8. The van der Waals surface area contributed by atoms with E-state index in [-0.39, 0.29) is 12.5 Å². The average Bonchev–Trinajstić information content (AvgIpc) is 2.87. The molecule has 10 heteroatoms. The maximum Gasteiger partial charge on any atom is 0.329 e. The molecule has 0 radical (unpaired) electrons. The van der Waals surface area contributed by atoms with Gasteiger partial charge in [-0.05, 0) is 90.5 Å². The number of benzene rings is 3. The van der Waals surface area contributed by atoms with E-state index in [0.29, 0.717) is 27.2 Å². The molecule has 9 nitrogen and oxygen atoms in total. The van der Waals surface area contributed by atoms with Crippen LogP contribution in [0.25, 0.3) is 0 Å². The molecule has 0 aliphatic rings. The summed E-state index contributed by atoms with van der Waals surface area (Å²) in [4.78, 5) is 37.1. The predicted molar refractivity (Wildman–Crippen MR) is 156 cm³/mol. The smallest absolute Gasteiger partial charge is 0.329 e. The van der Waals surface area contributed by atoms with Gasteiger partial charge >= 0.3 is 11.8 Å². The summed E-state index contributed by atoms with van der Waals surface area (Å²) < 4.78 is 11.7. The highest BCUT2D eigenvalue weighted by Gasteiger charge is 2.17. The Hall–Kier alpha value is -4.18. The molecule has 3 aromatic carbocycles. The van der Waals surface area contributed by atoms with Crippen molar-refractivity contribution in [2.75, 3.05) is 24.4 Å². The Labute approximate surface area is 236 Å². The van der Waals surface area contributed by atoms with Gasteiger partial charge in [-0.1, -0.05) is 35.9 Å². The SMILES string of the molecule is COc1cc(/C=N\NC(=O)C(=O)Nc2c(C)cccc2C)cc(Br)c1OCC(=O)Nc1c(C)cc(C)cc1C. The zero-order valence-electron chi connectivity index (χ0n) is 22.7. The number of anilines is 2. The largest absolute Gasteiger partial charge is 0.493 e. The number of carbonyl (C=O) groups excluding carboxylic acids is 3. The molecular weight excluding hydrogens is 564 g/mol. The molecule has 3 rings (SSSR count). The number of para-hydroxylation sites is 1. The second kappa shape index (κ2) is 13.1. The number of methoxy groups -OCH3 is 1. The first kappa shape index (κ1) is 29.4. The van der Waals surface area contributed by atoms with Crippen LogP contribution in [0.15, 0.2) is 52.0 Å². The Morgan fingerprint density at radius 3 is 2.10 bits per heavy atom. The predicted octanol–water partition coefficient (Wildman–Crippen LogP) is 5.11. The molecule has 3 aromatic rings. The van der Waals surface area contributed by atoms with E-state index in [2.05, 4.69) is 37.1 Å². The second-order valence-electron chi connectivity index (χ2n) is 9.06. The quantitative estimate of drug-likeness (QED) is 0.190. The number of halogens is 1. The monoisotopic (exact) mass is 594 g/mol. The third-order valence-corrected chi connectivity index (χ3v) is 6.44. The highest BCUT2D eigenvalue weighted by atomic mass is 79.9. The lowest BCUT2D eigenvalue weighted by Crippen LogP contribution is -2.32. The molecule has 0 aliphatic heterocycles. The molecule has 0 aliphatic carbocycles. The Kier molecular flexibility index (Phi) is 9.84. The molecule has 204 valence electrons. The van der Waals surface area contributed by atoms with Crippen LogP contribution in [0.5, 0.6) is 11.5 Å². The van der Waals surface area contributed by atoms with E-state index in [0.717, 1.165) is 33.5 Å². The van der Waals surface area contributed by atoms with Crippen LogP contribution in [-0.4, -0.2) is 37.7 Å². The van der Waals surface area contributed by atoms with Crippen LogP contribution in [0.1, 0.15) is 33.4 Å². The van der Waals surface area contributed by atoms with Crippen LogP contribution in [-0.2, 0) is 14.4 Å². The molecule has 0 unspecified atom stereocenters. The van der Waals surface area contributed by atoms with E-state index in [1.54, 1.807) is 12.1 Å². The number of ether oxygens (including phenoxy) is 2. The lowest BCUT2D eigenvalue weighted by Gasteiger charge is -2.15. The van der Waals surface area contributed by atoms with Crippen LogP contribution >= 0.6 is 15.9 Å². The number of hydrazone groups is 1. The van der Waals surface area contributed by atoms with Crippen LogP contribution in [0.3, 0.4) is 0 Å². The zero-order chi connectivity index (χ0) is 28.7. The fourth-order valence-electron chi connectivity index (χ4n) is 4.04. The first-order valence-corrected chi connectivity index (χ1v) is 12.9. The van der Waals surface area contributed by atoms with Crippen molar-refractivity contribution in [1.29, 1.82) is 0 Å². The molecule has 0 saturated heterocycles. The fraction of sp³-hybridized carbons (Fsp3) is 0.241. The van der Waals surface area contributed by atoms with Crippen molar-refractivity contribution in [1.82, 2.24) is 5.43 Å². The Morgan fingerprint density at radius 2 is 1.49 bits per heavy atom. The van der Waals surface area contributed by atoms with Gasteiger partial charge in [-0.2, -0.15) is 5.10 Å². The number of amides is 3. The van der Waals surface area contributed by atoms with Crippen molar-refractivity contribution in [2.45, 2.75) is 34.6 Å². The zero-order valence-corrected chi connectivity index (χ0v) is 24.3. The topological polar surface area (TPSA) is 118 Å². The molecule has 0 aromatic heterocycles. The molecule has 0 bridgehead atoms. The third kappa shape index (κ3) is 7.67. The van der Waals surface area contributed by atoms with Gasteiger partial charge in [0.05, 0.1) is 17.8 Å². The molecule has 3 N–H and O–H groups in total. The first-order chi connectivity index (χ1) is 18.5. The number of hydrogen-bond acceptors (Lipinski definition) is 6. The highest BCUT2D eigenvalue weighted by molar-refractivity contribution is 9.10. The minimum atomic E-state index is -0.912. The summed E-state index contributed by atoms with van der Waals surface area (Å²) in [5, 5.41) is 9.38. The maximum absolute atomic E-state index is 12.6. The molecule has 3 amide bonds. The second-order valence-corrected chi connectivity index (χ2v) is 9.92. The van der Waals surface area contributed by atoms with Crippen molar-refractivity contribution in [3.63, 3.8) is 0 Å². The van der Waals surface area contributed by atoms with Gasteiger partial charge in [-0.25, -0.2) is 5.43 Å². The number of aryl methyl sites for hydroxylation is 5. The standard InChI is InChI=1S/C29H31BrN4O5/c1-16-10-19(4)26(20(5)11-16)32-24(35)15-39-27-22(30)12-21(13-23(27)38-6)14-31-34-29(37)28(36)33-25-17(2)8-7-9-18(25)3/h7-14H,15H2,1-6H3,(H,32,35)(H,33,36)(H,34,37)/b31-14-. The van der Waals surface area contributed by atoms with Crippen LogP contribution in [0, 0.1) is 34.6 Å². The number of hydrogen-bond donors (Lipinski definition) is 3. The first-order valence-electron chi connectivity index (χ1n) is 12.1. The molecule has 0 fully saturated rings.